The van der Waals surface area contributed by atoms with E-state index in [0.29, 0.717) is 19.3 Å². The second-order valence-electron chi connectivity index (χ2n) is 19.3. The van der Waals surface area contributed by atoms with Gasteiger partial charge in [-0.05, 0) is 96.3 Å². The Balaban J connectivity index is 4.68. The molecule has 3 N–H and O–H groups in total. The number of carbonyl (C=O) groups is 2. The quantitative estimate of drug-likeness (QED) is 0.0321. The zero-order chi connectivity index (χ0) is 49.5. The van der Waals surface area contributed by atoms with Crippen LogP contribution in [0.15, 0.2) is 85.1 Å². The van der Waals surface area contributed by atoms with E-state index in [0.717, 1.165) is 96.3 Å². The summed E-state index contributed by atoms with van der Waals surface area (Å²) in [5.74, 6) is -0.537. The number of aliphatic hydroxyl groups is 2. The summed E-state index contributed by atoms with van der Waals surface area (Å²) in [5, 5.41) is 23.9. The molecule has 6 nitrogen and oxygen atoms in total. The Morgan fingerprint density at radius 1 is 0.441 bits per heavy atom. The van der Waals surface area contributed by atoms with Crippen molar-refractivity contribution < 1.29 is 24.5 Å². The third-order valence-corrected chi connectivity index (χ3v) is 12.7. The summed E-state index contributed by atoms with van der Waals surface area (Å²) in [6.45, 7) is 6.34. The molecule has 0 fully saturated rings. The van der Waals surface area contributed by atoms with Gasteiger partial charge in [0, 0.05) is 6.42 Å². The molecule has 0 saturated carbocycles. The highest BCUT2D eigenvalue weighted by Gasteiger charge is 2.24. The number of carbonyl (C=O) groups excluding carboxylic acids is 2. The Labute approximate surface area is 421 Å². The zero-order valence-corrected chi connectivity index (χ0v) is 44.7. The van der Waals surface area contributed by atoms with Crippen LogP contribution in [0.5, 0.6) is 0 Å². The predicted molar refractivity (Wildman–Crippen MR) is 296 cm³/mol. The highest BCUT2D eigenvalue weighted by atomic mass is 16.5. The Kier molecular flexibility index (Phi) is 52.6. The van der Waals surface area contributed by atoms with Crippen LogP contribution in [0.2, 0.25) is 0 Å². The number of hydrogen-bond donors (Lipinski definition) is 3. The number of ether oxygens (including phenoxy) is 1. The summed E-state index contributed by atoms with van der Waals surface area (Å²) in [7, 11) is 0. The van der Waals surface area contributed by atoms with Gasteiger partial charge in [0.25, 0.3) is 0 Å². The predicted octanol–water partition coefficient (Wildman–Crippen LogP) is 17.9. The highest BCUT2D eigenvalue weighted by molar-refractivity contribution is 5.77. The van der Waals surface area contributed by atoms with E-state index in [9.17, 15) is 19.8 Å². The van der Waals surface area contributed by atoms with E-state index in [1.807, 2.05) is 0 Å². The first kappa shape index (κ1) is 65.0. The van der Waals surface area contributed by atoms with E-state index < -0.39 is 18.2 Å². The van der Waals surface area contributed by atoms with Gasteiger partial charge in [-0.15, -0.1) is 0 Å². The average Bonchev–Trinajstić information content (AvgIpc) is 3.33. The molecule has 0 bridgehead atoms. The van der Waals surface area contributed by atoms with Crippen molar-refractivity contribution in [3.05, 3.63) is 85.1 Å². The molecule has 0 spiro atoms. The van der Waals surface area contributed by atoms with E-state index in [4.69, 9.17) is 4.74 Å². The number of esters is 1. The minimum atomic E-state index is -0.809. The van der Waals surface area contributed by atoms with Crippen molar-refractivity contribution in [2.24, 2.45) is 0 Å². The van der Waals surface area contributed by atoms with E-state index in [2.05, 4.69) is 111 Å². The van der Waals surface area contributed by atoms with E-state index in [1.165, 1.54) is 128 Å². The molecular formula is C62H109NO5. The SMILES string of the molecule is CC/C=C\C/C=C\C/C=C\C/C=C\C/C=C\CCCC(CC(=O)NC(CO)C(O)CCCCCCCCCCCCCCCCC)OC(=O)CCCCCCCCC/C=C\C/C=C\CCCCC. The van der Waals surface area contributed by atoms with Gasteiger partial charge >= 0.3 is 5.97 Å². The molecule has 0 rings (SSSR count). The van der Waals surface area contributed by atoms with Crippen LogP contribution < -0.4 is 5.32 Å². The van der Waals surface area contributed by atoms with Crippen LogP contribution in [-0.2, 0) is 14.3 Å². The van der Waals surface area contributed by atoms with E-state index >= 15 is 0 Å². The van der Waals surface area contributed by atoms with Gasteiger partial charge in [0.1, 0.15) is 6.10 Å². The number of unbranched alkanes of at least 4 members (excludes halogenated alkanes) is 25. The molecule has 0 heterocycles. The summed E-state index contributed by atoms with van der Waals surface area (Å²) in [6, 6.07) is -0.726. The molecule has 6 heteroatoms. The number of rotatable bonds is 51. The summed E-state index contributed by atoms with van der Waals surface area (Å²) in [6.07, 6.45) is 72.2. The number of nitrogens with one attached hydrogen (secondary N) is 1. The number of amides is 1. The van der Waals surface area contributed by atoms with Crippen LogP contribution in [0.25, 0.3) is 0 Å². The molecule has 68 heavy (non-hydrogen) atoms. The standard InChI is InChI=1S/C62H109NO5/c1-4-7-10-13-16-19-22-25-28-30-33-35-38-41-44-47-50-53-58(68-62(67)55-52-49-46-43-40-37-34-31-29-26-23-20-17-14-11-8-5-2)56-61(66)63-59(57-64)60(65)54-51-48-45-42-39-36-32-27-24-21-18-15-12-9-6-3/h7,10,16-17,19-20,25-26,28-29,33,35,41,44,58-60,64-65H,4-6,8-9,11-15,18,21-24,27,30-32,34,36-40,42-43,45-57H2,1-3H3,(H,63,66)/b10-7-,19-16-,20-17-,28-25-,29-26-,35-33-,44-41-. The minimum Gasteiger partial charge on any atom is -0.462 e. The van der Waals surface area contributed by atoms with Crippen molar-refractivity contribution in [2.45, 2.75) is 289 Å². The molecule has 0 aliphatic carbocycles. The first-order valence-corrected chi connectivity index (χ1v) is 28.8. The maximum absolute atomic E-state index is 13.3. The molecule has 3 atom stereocenters. The molecule has 3 unspecified atom stereocenters. The molecule has 0 aromatic rings. The smallest absolute Gasteiger partial charge is 0.306 e. The fourth-order valence-corrected chi connectivity index (χ4v) is 8.38. The van der Waals surface area contributed by atoms with Crippen molar-refractivity contribution >= 4 is 11.9 Å². The monoisotopic (exact) mass is 948 g/mol. The number of aliphatic hydroxyl groups excluding tert-OH is 2. The fourth-order valence-electron chi connectivity index (χ4n) is 8.38. The third kappa shape index (κ3) is 49.5. The Hall–Kier alpha value is -2.96. The lowest BCUT2D eigenvalue weighted by Gasteiger charge is -2.24. The van der Waals surface area contributed by atoms with Crippen LogP contribution in [0.4, 0.5) is 0 Å². The molecule has 0 aromatic carbocycles. The van der Waals surface area contributed by atoms with Crippen LogP contribution in [-0.4, -0.2) is 46.9 Å². The van der Waals surface area contributed by atoms with Gasteiger partial charge in [0.2, 0.25) is 5.91 Å². The zero-order valence-electron chi connectivity index (χ0n) is 44.7. The van der Waals surface area contributed by atoms with Crippen molar-refractivity contribution in [3.8, 4) is 0 Å². The van der Waals surface area contributed by atoms with Gasteiger partial charge in [-0.1, -0.05) is 247 Å². The van der Waals surface area contributed by atoms with Gasteiger partial charge in [0.15, 0.2) is 0 Å². The molecule has 1 amide bonds. The van der Waals surface area contributed by atoms with Crippen molar-refractivity contribution in [1.82, 2.24) is 5.32 Å². The maximum Gasteiger partial charge on any atom is 0.306 e. The maximum atomic E-state index is 13.3. The Bertz CT molecular complexity index is 1290. The van der Waals surface area contributed by atoms with Gasteiger partial charge in [-0.3, -0.25) is 9.59 Å². The first-order valence-electron chi connectivity index (χ1n) is 28.8. The Morgan fingerprint density at radius 2 is 0.809 bits per heavy atom. The molecule has 0 aliphatic rings. The van der Waals surface area contributed by atoms with Crippen LogP contribution in [0, 0.1) is 0 Å². The van der Waals surface area contributed by atoms with Gasteiger partial charge < -0.3 is 20.3 Å². The molecule has 0 aromatic heterocycles. The van der Waals surface area contributed by atoms with Crippen LogP contribution >= 0.6 is 0 Å². The summed E-state index contributed by atoms with van der Waals surface area (Å²) >= 11 is 0. The largest absolute Gasteiger partial charge is 0.462 e. The van der Waals surface area contributed by atoms with Crippen molar-refractivity contribution in [1.29, 1.82) is 0 Å². The van der Waals surface area contributed by atoms with Crippen molar-refractivity contribution in [2.75, 3.05) is 6.61 Å². The average molecular weight is 949 g/mol. The lowest BCUT2D eigenvalue weighted by molar-refractivity contribution is -0.151. The molecule has 0 radical (unpaired) electrons. The van der Waals surface area contributed by atoms with Gasteiger partial charge in [-0.2, -0.15) is 0 Å². The molecule has 0 saturated heterocycles. The van der Waals surface area contributed by atoms with Crippen molar-refractivity contribution in [3.63, 3.8) is 0 Å². The first-order chi connectivity index (χ1) is 33.5. The molecular weight excluding hydrogens is 839 g/mol. The summed E-state index contributed by atoms with van der Waals surface area (Å²) in [4.78, 5) is 26.3. The second-order valence-corrected chi connectivity index (χ2v) is 19.3. The number of hydrogen-bond acceptors (Lipinski definition) is 5. The summed E-state index contributed by atoms with van der Waals surface area (Å²) in [5.41, 5.74) is 0. The van der Waals surface area contributed by atoms with E-state index in [1.54, 1.807) is 0 Å². The third-order valence-electron chi connectivity index (χ3n) is 12.7. The topological polar surface area (TPSA) is 95.9 Å². The van der Waals surface area contributed by atoms with E-state index in [-0.39, 0.29) is 24.9 Å². The van der Waals surface area contributed by atoms with Crippen LogP contribution in [0.1, 0.15) is 271 Å². The second kappa shape index (κ2) is 55.0. The lowest BCUT2D eigenvalue weighted by atomic mass is 10.0. The summed E-state index contributed by atoms with van der Waals surface area (Å²) < 4.78 is 5.93. The van der Waals surface area contributed by atoms with Crippen LogP contribution in [0.3, 0.4) is 0 Å². The Morgan fingerprint density at radius 3 is 1.26 bits per heavy atom. The van der Waals surface area contributed by atoms with Gasteiger partial charge in [0.05, 0.1) is 25.2 Å². The molecule has 0 aliphatic heterocycles. The highest BCUT2D eigenvalue weighted by Crippen LogP contribution is 2.17. The number of allylic oxidation sites excluding steroid dienone is 14. The lowest BCUT2D eigenvalue weighted by Crippen LogP contribution is -2.46. The molecule has 392 valence electrons. The normalized spacial score (nSPS) is 13.8. The van der Waals surface area contributed by atoms with Gasteiger partial charge in [-0.25, -0.2) is 0 Å². The fraction of sp³-hybridized carbons (Fsp3) is 0.742. The minimum absolute atomic E-state index is 0.0323.